The van der Waals surface area contributed by atoms with Gasteiger partial charge in [-0.1, -0.05) is 25.1 Å². The van der Waals surface area contributed by atoms with Gasteiger partial charge < -0.3 is 9.88 Å². The van der Waals surface area contributed by atoms with Crippen molar-refractivity contribution in [1.82, 2.24) is 9.88 Å². The van der Waals surface area contributed by atoms with Gasteiger partial charge in [0.2, 0.25) is 0 Å². The largest absolute Gasteiger partial charge is 0.349 e. The maximum Gasteiger partial charge on any atom is 0.0446 e. The third-order valence-electron chi connectivity index (χ3n) is 3.16. The number of aromatic nitrogens is 1. The molecule has 1 heterocycles. The van der Waals surface area contributed by atoms with Crippen molar-refractivity contribution in [1.29, 1.82) is 0 Å². The number of nitrogens with one attached hydrogen (secondary N) is 1. The van der Waals surface area contributed by atoms with Gasteiger partial charge in [-0.25, -0.2) is 0 Å². The molecule has 19 heavy (non-hydrogen) atoms. The SMILES string of the molecule is CCNC(C)c1cccn1CCSc1ccccc1. The molecule has 0 saturated heterocycles. The van der Waals surface area contributed by atoms with Gasteiger partial charge in [0, 0.05) is 35.1 Å². The zero-order chi connectivity index (χ0) is 13.5. The zero-order valence-corrected chi connectivity index (χ0v) is 12.5. The number of nitrogens with zero attached hydrogens (tertiary/aromatic N) is 1. The van der Waals surface area contributed by atoms with Crippen molar-refractivity contribution in [2.24, 2.45) is 0 Å². The molecule has 2 nitrogen and oxygen atoms in total. The summed E-state index contributed by atoms with van der Waals surface area (Å²) in [5.41, 5.74) is 1.37. The van der Waals surface area contributed by atoms with Crippen LogP contribution in [-0.4, -0.2) is 16.9 Å². The summed E-state index contributed by atoms with van der Waals surface area (Å²) in [4.78, 5) is 1.34. The molecule has 1 N–H and O–H groups in total. The van der Waals surface area contributed by atoms with Crippen LogP contribution in [0.15, 0.2) is 53.6 Å². The van der Waals surface area contributed by atoms with Gasteiger partial charge in [-0.05, 0) is 37.7 Å². The van der Waals surface area contributed by atoms with Crippen LogP contribution in [0.5, 0.6) is 0 Å². The van der Waals surface area contributed by atoms with Gasteiger partial charge in [0.05, 0.1) is 0 Å². The Labute approximate surface area is 120 Å². The molecule has 0 bridgehead atoms. The monoisotopic (exact) mass is 274 g/mol. The summed E-state index contributed by atoms with van der Waals surface area (Å²) in [6.45, 7) is 6.43. The van der Waals surface area contributed by atoms with Crippen molar-refractivity contribution in [2.75, 3.05) is 12.3 Å². The van der Waals surface area contributed by atoms with E-state index >= 15 is 0 Å². The van der Waals surface area contributed by atoms with Crippen LogP contribution in [0.1, 0.15) is 25.6 Å². The minimum Gasteiger partial charge on any atom is -0.349 e. The van der Waals surface area contributed by atoms with Gasteiger partial charge in [-0.15, -0.1) is 11.8 Å². The maximum absolute atomic E-state index is 3.47. The zero-order valence-electron chi connectivity index (χ0n) is 11.7. The molecule has 0 amide bonds. The molecular formula is C16H22N2S. The summed E-state index contributed by atoms with van der Waals surface area (Å²) in [6, 6.07) is 15.4. The van der Waals surface area contributed by atoms with Crippen molar-refractivity contribution < 1.29 is 0 Å². The number of benzene rings is 1. The first-order valence-corrected chi connectivity index (χ1v) is 7.86. The van der Waals surface area contributed by atoms with E-state index < -0.39 is 0 Å². The maximum atomic E-state index is 3.47. The second kappa shape index (κ2) is 7.41. The van der Waals surface area contributed by atoms with E-state index in [9.17, 15) is 0 Å². The Kier molecular flexibility index (Phi) is 5.55. The topological polar surface area (TPSA) is 17.0 Å². The van der Waals surface area contributed by atoms with Gasteiger partial charge in [0.25, 0.3) is 0 Å². The van der Waals surface area contributed by atoms with E-state index in [1.54, 1.807) is 0 Å². The molecule has 0 aliphatic rings. The minimum absolute atomic E-state index is 0.418. The molecule has 102 valence electrons. The summed E-state index contributed by atoms with van der Waals surface area (Å²) in [6.07, 6.45) is 2.18. The quantitative estimate of drug-likeness (QED) is 0.770. The van der Waals surface area contributed by atoms with Crippen molar-refractivity contribution in [2.45, 2.75) is 31.3 Å². The van der Waals surface area contributed by atoms with Gasteiger partial charge in [0.15, 0.2) is 0 Å². The van der Waals surface area contributed by atoms with Crippen LogP contribution in [0.2, 0.25) is 0 Å². The Morgan fingerprint density at radius 2 is 1.95 bits per heavy atom. The molecule has 1 aromatic carbocycles. The second-order valence-electron chi connectivity index (χ2n) is 4.57. The van der Waals surface area contributed by atoms with Crippen LogP contribution in [0.4, 0.5) is 0 Å². The molecule has 0 saturated carbocycles. The predicted molar refractivity (Wildman–Crippen MR) is 83.7 cm³/mol. The standard InChI is InChI=1S/C16H22N2S/c1-3-17-14(2)16-10-7-11-18(16)12-13-19-15-8-5-4-6-9-15/h4-11,14,17H,3,12-13H2,1-2H3. The molecule has 1 unspecified atom stereocenters. The lowest BCUT2D eigenvalue weighted by molar-refractivity contribution is 0.550. The van der Waals surface area contributed by atoms with Crippen molar-refractivity contribution in [3.8, 4) is 0 Å². The summed E-state index contributed by atoms with van der Waals surface area (Å²) >= 11 is 1.91. The van der Waals surface area contributed by atoms with E-state index in [0.717, 1.165) is 18.8 Å². The van der Waals surface area contributed by atoms with E-state index in [1.807, 2.05) is 11.8 Å². The number of hydrogen-bond acceptors (Lipinski definition) is 2. The molecule has 2 aromatic rings. The van der Waals surface area contributed by atoms with E-state index in [1.165, 1.54) is 10.6 Å². The fourth-order valence-corrected chi connectivity index (χ4v) is 3.09. The lowest BCUT2D eigenvalue weighted by Crippen LogP contribution is -2.21. The lowest BCUT2D eigenvalue weighted by atomic mass is 10.2. The third kappa shape index (κ3) is 4.15. The highest BCUT2D eigenvalue weighted by atomic mass is 32.2. The first-order valence-electron chi connectivity index (χ1n) is 6.87. The number of hydrogen-bond donors (Lipinski definition) is 1. The van der Waals surface area contributed by atoms with Gasteiger partial charge in [-0.3, -0.25) is 0 Å². The second-order valence-corrected chi connectivity index (χ2v) is 5.74. The van der Waals surface area contributed by atoms with Gasteiger partial charge >= 0.3 is 0 Å². The molecule has 0 aliphatic heterocycles. The molecule has 0 aliphatic carbocycles. The fraction of sp³-hybridized carbons (Fsp3) is 0.375. The average Bonchev–Trinajstić information content (AvgIpc) is 2.89. The van der Waals surface area contributed by atoms with Crippen LogP contribution in [0, 0.1) is 0 Å². The van der Waals surface area contributed by atoms with Crippen molar-refractivity contribution in [3.63, 3.8) is 0 Å². The average molecular weight is 274 g/mol. The van der Waals surface area contributed by atoms with E-state index in [0.29, 0.717) is 6.04 Å². The molecule has 0 radical (unpaired) electrons. The van der Waals surface area contributed by atoms with Crippen LogP contribution in [0.3, 0.4) is 0 Å². The molecule has 0 fully saturated rings. The highest BCUT2D eigenvalue weighted by molar-refractivity contribution is 7.99. The summed E-state index contributed by atoms with van der Waals surface area (Å²) < 4.78 is 2.35. The number of rotatable bonds is 7. The Hall–Kier alpha value is -1.19. The Balaban J connectivity index is 1.88. The summed E-state index contributed by atoms with van der Waals surface area (Å²) in [7, 11) is 0. The van der Waals surface area contributed by atoms with Gasteiger partial charge in [-0.2, -0.15) is 0 Å². The first-order chi connectivity index (χ1) is 9.31. The first kappa shape index (κ1) is 14.2. The van der Waals surface area contributed by atoms with E-state index in [2.05, 4.69) is 72.4 Å². The highest BCUT2D eigenvalue weighted by Gasteiger charge is 2.08. The van der Waals surface area contributed by atoms with E-state index in [4.69, 9.17) is 0 Å². The number of thioether (sulfide) groups is 1. The van der Waals surface area contributed by atoms with Crippen molar-refractivity contribution >= 4 is 11.8 Å². The summed E-state index contributed by atoms with van der Waals surface area (Å²) in [5.74, 6) is 1.10. The fourth-order valence-electron chi connectivity index (χ4n) is 2.21. The van der Waals surface area contributed by atoms with Crippen LogP contribution < -0.4 is 5.32 Å². The highest BCUT2D eigenvalue weighted by Crippen LogP contribution is 2.19. The van der Waals surface area contributed by atoms with Gasteiger partial charge in [0.1, 0.15) is 0 Å². The third-order valence-corrected chi connectivity index (χ3v) is 4.15. The lowest BCUT2D eigenvalue weighted by Gasteiger charge is -2.16. The van der Waals surface area contributed by atoms with Crippen LogP contribution >= 0.6 is 11.8 Å². The smallest absolute Gasteiger partial charge is 0.0446 e. The molecule has 1 atom stereocenters. The normalized spacial score (nSPS) is 12.5. The molecular weight excluding hydrogens is 252 g/mol. The Morgan fingerprint density at radius 3 is 2.68 bits per heavy atom. The van der Waals surface area contributed by atoms with Crippen LogP contribution in [-0.2, 0) is 6.54 Å². The minimum atomic E-state index is 0.418. The predicted octanol–water partition coefficient (Wildman–Crippen LogP) is 3.95. The molecule has 2 rings (SSSR count). The number of aryl methyl sites for hydroxylation is 1. The van der Waals surface area contributed by atoms with E-state index in [-0.39, 0.29) is 0 Å². The molecule has 1 aromatic heterocycles. The molecule has 3 heteroatoms. The molecule has 0 spiro atoms. The summed E-state index contributed by atoms with van der Waals surface area (Å²) in [5, 5.41) is 3.47. The Bertz CT molecular complexity index is 479. The van der Waals surface area contributed by atoms with Crippen molar-refractivity contribution in [3.05, 3.63) is 54.4 Å². The van der Waals surface area contributed by atoms with Crippen LogP contribution in [0.25, 0.3) is 0 Å². The Morgan fingerprint density at radius 1 is 1.16 bits per heavy atom.